The van der Waals surface area contributed by atoms with Crippen molar-refractivity contribution in [3.63, 3.8) is 0 Å². The summed E-state index contributed by atoms with van der Waals surface area (Å²) in [6.07, 6.45) is 1.26. The molecule has 7 nitrogen and oxygen atoms in total. The van der Waals surface area contributed by atoms with E-state index in [4.69, 9.17) is 0 Å². The van der Waals surface area contributed by atoms with Crippen molar-refractivity contribution < 1.29 is 22.4 Å². The highest BCUT2D eigenvalue weighted by Gasteiger charge is 2.37. The summed E-state index contributed by atoms with van der Waals surface area (Å²) < 4.78 is 41.1. The highest BCUT2D eigenvalue weighted by Crippen LogP contribution is 2.30. The van der Waals surface area contributed by atoms with Gasteiger partial charge < -0.3 is 10.6 Å². The number of carbonyl (C=O) groups is 2. The Kier molecular flexibility index (Phi) is 6.76. The summed E-state index contributed by atoms with van der Waals surface area (Å²) in [4.78, 5) is 24.5. The van der Waals surface area contributed by atoms with Gasteiger partial charge in [0.25, 0.3) is 0 Å². The normalized spacial score (nSPS) is 16.8. The van der Waals surface area contributed by atoms with Crippen molar-refractivity contribution in [2.45, 2.75) is 44.6 Å². The standard InChI is InChI=1S/C22H26FN3O4S/c1-14-11-15(2)20(16(3)12-14)31(29,30)26-10-4-5-19(26)13-24-21(27)22(28)25-18-8-6-17(23)7-9-18/h6-9,11-12,19H,4-5,10,13H2,1-3H3,(H,24,27)(H,25,28). The summed E-state index contributed by atoms with van der Waals surface area (Å²) in [5.74, 6) is -2.23. The molecule has 1 heterocycles. The van der Waals surface area contributed by atoms with Crippen LogP contribution in [0, 0.1) is 26.6 Å². The molecule has 0 bridgehead atoms. The molecule has 3 rings (SSSR count). The van der Waals surface area contributed by atoms with Gasteiger partial charge in [-0.1, -0.05) is 17.7 Å². The molecule has 9 heteroatoms. The third kappa shape index (κ3) is 5.11. The molecule has 1 atom stereocenters. The van der Waals surface area contributed by atoms with E-state index in [-0.39, 0.29) is 12.2 Å². The SMILES string of the molecule is Cc1cc(C)c(S(=O)(=O)N2CCCC2CNC(=O)C(=O)Nc2ccc(F)cc2)c(C)c1. The van der Waals surface area contributed by atoms with E-state index >= 15 is 0 Å². The van der Waals surface area contributed by atoms with E-state index in [0.29, 0.717) is 35.4 Å². The van der Waals surface area contributed by atoms with Crippen LogP contribution in [-0.4, -0.2) is 43.7 Å². The molecule has 2 aromatic carbocycles. The molecular weight excluding hydrogens is 421 g/mol. The van der Waals surface area contributed by atoms with Crippen LogP contribution in [0.4, 0.5) is 10.1 Å². The first-order valence-corrected chi connectivity index (χ1v) is 11.5. The Balaban J connectivity index is 1.67. The summed E-state index contributed by atoms with van der Waals surface area (Å²) in [6.45, 7) is 5.86. The van der Waals surface area contributed by atoms with Gasteiger partial charge in [-0.3, -0.25) is 9.59 Å². The number of hydrogen-bond donors (Lipinski definition) is 2. The molecule has 1 fully saturated rings. The lowest BCUT2D eigenvalue weighted by Gasteiger charge is -2.26. The fourth-order valence-electron chi connectivity index (χ4n) is 4.03. The van der Waals surface area contributed by atoms with Gasteiger partial charge in [-0.15, -0.1) is 0 Å². The summed E-state index contributed by atoms with van der Waals surface area (Å²) >= 11 is 0. The Labute approximate surface area is 181 Å². The second-order valence-electron chi connectivity index (χ2n) is 7.81. The Morgan fingerprint density at radius 1 is 1.06 bits per heavy atom. The molecule has 166 valence electrons. The van der Waals surface area contributed by atoms with Crippen molar-refractivity contribution in [3.8, 4) is 0 Å². The van der Waals surface area contributed by atoms with Crippen LogP contribution in [0.25, 0.3) is 0 Å². The molecule has 1 aliphatic heterocycles. The van der Waals surface area contributed by atoms with Crippen molar-refractivity contribution in [2.24, 2.45) is 0 Å². The largest absolute Gasteiger partial charge is 0.346 e. The predicted molar refractivity (Wildman–Crippen MR) is 116 cm³/mol. The number of halogens is 1. The summed E-state index contributed by atoms with van der Waals surface area (Å²) in [7, 11) is -3.74. The van der Waals surface area contributed by atoms with Gasteiger partial charge in [0.05, 0.1) is 4.90 Å². The molecule has 31 heavy (non-hydrogen) atoms. The number of carbonyl (C=O) groups excluding carboxylic acids is 2. The highest BCUT2D eigenvalue weighted by molar-refractivity contribution is 7.89. The minimum absolute atomic E-state index is 0.0266. The Hall–Kier alpha value is -2.78. The van der Waals surface area contributed by atoms with Gasteiger partial charge in [-0.25, -0.2) is 12.8 Å². The summed E-state index contributed by atoms with van der Waals surface area (Å²) in [5.41, 5.74) is 2.65. The van der Waals surface area contributed by atoms with E-state index in [1.165, 1.54) is 28.6 Å². The Morgan fingerprint density at radius 2 is 1.68 bits per heavy atom. The minimum Gasteiger partial charge on any atom is -0.346 e. The van der Waals surface area contributed by atoms with Gasteiger partial charge >= 0.3 is 11.8 Å². The van der Waals surface area contributed by atoms with Crippen molar-refractivity contribution in [1.82, 2.24) is 9.62 Å². The third-order valence-electron chi connectivity index (χ3n) is 5.30. The van der Waals surface area contributed by atoms with Gasteiger partial charge in [-0.05, 0) is 69.0 Å². The minimum atomic E-state index is -3.74. The second-order valence-corrected chi connectivity index (χ2v) is 9.64. The summed E-state index contributed by atoms with van der Waals surface area (Å²) in [6, 6.07) is 8.27. The molecule has 2 aromatic rings. The number of aryl methyl sites for hydroxylation is 3. The number of amides is 2. The van der Waals surface area contributed by atoms with Crippen LogP contribution in [0.1, 0.15) is 29.5 Å². The van der Waals surface area contributed by atoms with Crippen molar-refractivity contribution in [2.75, 3.05) is 18.4 Å². The molecule has 0 spiro atoms. The van der Waals surface area contributed by atoms with Crippen LogP contribution in [-0.2, 0) is 19.6 Å². The number of hydrogen-bond acceptors (Lipinski definition) is 4. The predicted octanol–water partition coefficient (Wildman–Crippen LogP) is 2.66. The Bertz CT molecular complexity index is 1080. The monoisotopic (exact) mass is 447 g/mol. The maximum atomic E-state index is 13.3. The van der Waals surface area contributed by atoms with Gasteiger partial charge in [-0.2, -0.15) is 4.31 Å². The molecule has 0 aliphatic carbocycles. The summed E-state index contributed by atoms with van der Waals surface area (Å²) in [5, 5.41) is 4.90. The number of nitrogens with one attached hydrogen (secondary N) is 2. The van der Waals surface area contributed by atoms with Gasteiger partial charge in [0.2, 0.25) is 10.0 Å². The smallest absolute Gasteiger partial charge is 0.313 e. The van der Waals surface area contributed by atoms with E-state index in [1.54, 1.807) is 13.8 Å². The fraction of sp³-hybridized carbons (Fsp3) is 0.364. The average molecular weight is 448 g/mol. The van der Waals surface area contributed by atoms with Crippen LogP contribution in [0.15, 0.2) is 41.3 Å². The topological polar surface area (TPSA) is 95.6 Å². The quantitative estimate of drug-likeness (QED) is 0.689. The molecular formula is C22H26FN3O4S. The number of sulfonamides is 1. The lowest BCUT2D eigenvalue weighted by molar-refractivity contribution is -0.136. The van der Waals surface area contributed by atoms with Crippen molar-refractivity contribution >= 4 is 27.5 Å². The average Bonchev–Trinajstić information content (AvgIpc) is 3.16. The van der Waals surface area contributed by atoms with E-state index < -0.39 is 33.7 Å². The molecule has 2 amide bonds. The zero-order chi connectivity index (χ0) is 22.8. The van der Waals surface area contributed by atoms with Crippen molar-refractivity contribution in [3.05, 3.63) is 58.9 Å². The van der Waals surface area contributed by atoms with E-state index in [2.05, 4.69) is 10.6 Å². The van der Waals surface area contributed by atoms with Crippen LogP contribution in [0.3, 0.4) is 0 Å². The first-order valence-electron chi connectivity index (χ1n) is 10.0. The molecule has 1 saturated heterocycles. The lowest BCUT2D eigenvalue weighted by Crippen LogP contribution is -2.45. The second kappa shape index (κ2) is 9.15. The number of anilines is 1. The van der Waals surface area contributed by atoms with Crippen LogP contribution in [0.5, 0.6) is 0 Å². The number of nitrogens with zero attached hydrogens (tertiary/aromatic N) is 1. The number of rotatable bonds is 5. The van der Waals surface area contributed by atoms with E-state index in [1.807, 2.05) is 19.1 Å². The molecule has 1 unspecified atom stereocenters. The van der Waals surface area contributed by atoms with Crippen molar-refractivity contribution in [1.29, 1.82) is 0 Å². The first kappa shape index (κ1) is 22.9. The zero-order valence-electron chi connectivity index (χ0n) is 17.7. The van der Waals surface area contributed by atoms with E-state index in [9.17, 15) is 22.4 Å². The van der Waals surface area contributed by atoms with Gasteiger partial charge in [0, 0.05) is 24.8 Å². The number of benzene rings is 2. The first-order chi connectivity index (χ1) is 14.6. The lowest BCUT2D eigenvalue weighted by atomic mass is 10.1. The van der Waals surface area contributed by atoms with Crippen LogP contribution >= 0.6 is 0 Å². The molecule has 0 aromatic heterocycles. The van der Waals surface area contributed by atoms with Crippen LogP contribution < -0.4 is 10.6 Å². The van der Waals surface area contributed by atoms with Gasteiger partial charge in [0.1, 0.15) is 5.82 Å². The Morgan fingerprint density at radius 3 is 2.29 bits per heavy atom. The highest BCUT2D eigenvalue weighted by atomic mass is 32.2. The van der Waals surface area contributed by atoms with E-state index in [0.717, 1.165) is 5.56 Å². The third-order valence-corrected chi connectivity index (χ3v) is 7.56. The zero-order valence-corrected chi connectivity index (χ0v) is 18.6. The van der Waals surface area contributed by atoms with Crippen LogP contribution in [0.2, 0.25) is 0 Å². The molecule has 0 radical (unpaired) electrons. The molecule has 2 N–H and O–H groups in total. The maximum Gasteiger partial charge on any atom is 0.313 e. The molecule has 0 saturated carbocycles. The molecule has 1 aliphatic rings. The maximum absolute atomic E-state index is 13.3. The fourth-order valence-corrected chi connectivity index (χ4v) is 6.14. The van der Waals surface area contributed by atoms with Gasteiger partial charge in [0.15, 0.2) is 0 Å².